The van der Waals surface area contributed by atoms with Gasteiger partial charge in [-0.2, -0.15) is 13.2 Å². The average Bonchev–Trinajstić information content (AvgIpc) is 2.35. The molecular formula is C14H17F3O4. The lowest BCUT2D eigenvalue weighted by atomic mass is 9.86. The molecule has 0 aliphatic heterocycles. The van der Waals surface area contributed by atoms with Gasteiger partial charge in [0.15, 0.2) is 0 Å². The summed E-state index contributed by atoms with van der Waals surface area (Å²) in [6.45, 7) is 4.59. The molecule has 1 aromatic carbocycles. The van der Waals surface area contributed by atoms with Crippen molar-refractivity contribution < 1.29 is 32.9 Å². The lowest BCUT2D eigenvalue weighted by molar-refractivity contribution is -0.267. The van der Waals surface area contributed by atoms with Gasteiger partial charge in [-0.15, -0.1) is 0 Å². The van der Waals surface area contributed by atoms with Crippen molar-refractivity contribution in [2.24, 2.45) is 0 Å². The van der Waals surface area contributed by atoms with E-state index in [1.54, 1.807) is 13.8 Å². The SMILES string of the molecule is COC(=O)[C@@](O)(c1cc(C(C)C)c(O)cc1C)C(F)(F)F. The number of methoxy groups -OCH3 is 1. The minimum absolute atomic E-state index is 0.0675. The van der Waals surface area contributed by atoms with Crippen LogP contribution >= 0.6 is 0 Å². The summed E-state index contributed by atoms with van der Waals surface area (Å²) in [5.41, 5.74) is -4.30. The Kier molecular flexibility index (Phi) is 4.57. The molecule has 1 atom stereocenters. The van der Waals surface area contributed by atoms with E-state index in [2.05, 4.69) is 4.74 Å². The van der Waals surface area contributed by atoms with Gasteiger partial charge in [-0.05, 0) is 36.1 Å². The van der Waals surface area contributed by atoms with Gasteiger partial charge in [-0.3, -0.25) is 0 Å². The first-order valence-electron chi connectivity index (χ1n) is 6.18. The fourth-order valence-corrected chi connectivity index (χ4v) is 2.09. The molecule has 0 amide bonds. The maximum atomic E-state index is 13.2. The molecule has 0 heterocycles. The van der Waals surface area contributed by atoms with Crippen LogP contribution in [0.4, 0.5) is 13.2 Å². The van der Waals surface area contributed by atoms with E-state index >= 15 is 0 Å². The van der Waals surface area contributed by atoms with Gasteiger partial charge in [0.2, 0.25) is 0 Å². The van der Waals surface area contributed by atoms with Gasteiger partial charge in [-0.1, -0.05) is 13.8 Å². The van der Waals surface area contributed by atoms with Crippen LogP contribution in [0.3, 0.4) is 0 Å². The normalized spacial score (nSPS) is 14.9. The molecule has 7 heteroatoms. The minimum atomic E-state index is -5.25. The molecule has 0 bridgehead atoms. The summed E-state index contributed by atoms with van der Waals surface area (Å²) in [5, 5.41) is 19.8. The quantitative estimate of drug-likeness (QED) is 0.843. The second-order valence-corrected chi connectivity index (χ2v) is 5.08. The Hall–Kier alpha value is -1.76. The zero-order chi connectivity index (χ0) is 16.6. The maximum absolute atomic E-state index is 13.2. The number of alkyl halides is 3. The van der Waals surface area contributed by atoms with Crippen LogP contribution in [0.15, 0.2) is 12.1 Å². The predicted octanol–water partition coefficient (Wildman–Crippen LogP) is 2.75. The third-order valence-electron chi connectivity index (χ3n) is 3.28. The number of esters is 1. The van der Waals surface area contributed by atoms with Crippen molar-refractivity contribution in [3.05, 3.63) is 28.8 Å². The van der Waals surface area contributed by atoms with Crippen molar-refractivity contribution in [2.45, 2.75) is 38.5 Å². The average molecular weight is 306 g/mol. The van der Waals surface area contributed by atoms with Gasteiger partial charge in [0.05, 0.1) is 7.11 Å². The molecule has 0 radical (unpaired) electrons. The van der Waals surface area contributed by atoms with E-state index in [-0.39, 0.29) is 22.8 Å². The number of carbonyl (C=O) groups is 1. The van der Waals surface area contributed by atoms with Crippen LogP contribution in [0.5, 0.6) is 5.75 Å². The molecule has 1 aromatic rings. The monoisotopic (exact) mass is 306 g/mol. The molecule has 0 saturated heterocycles. The fraction of sp³-hybridized carbons (Fsp3) is 0.500. The van der Waals surface area contributed by atoms with E-state index < -0.39 is 23.3 Å². The Morgan fingerprint density at radius 3 is 2.19 bits per heavy atom. The van der Waals surface area contributed by atoms with Crippen LogP contribution in [0.25, 0.3) is 0 Å². The van der Waals surface area contributed by atoms with E-state index in [0.717, 1.165) is 19.2 Å². The number of halogens is 3. The Balaban J connectivity index is 3.68. The molecular weight excluding hydrogens is 289 g/mol. The van der Waals surface area contributed by atoms with E-state index in [4.69, 9.17) is 0 Å². The third kappa shape index (κ3) is 2.83. The molecule has 1 rings (SSSR count). The second-order valence-electron chi connectivity index (χ2n) is 5.08. The van der Waals surface area contributed by atoms with E-state index in [0.29, 0.717) is 0 Å². The summed E-state index contributed by atoms with van der Waals surface area (Å²) < 4.78 is 43.8. The highest BCUT2D eigenvalue weighted by atomic mass is 19.4. The van der Waals surface area contributed by atoms with Crippen LogP contribution in [-0.2, 0) is 15.1 Å². The molecule has 0 unspecified atom stereocenters. The van der Waals surface area contributed by atoms with Crippen molar-refractivity contribution in [2.75, 3.05) is 7.11 Å². The number of phenols is 1. The number of carbonyl (C=O) groups excluding carboxylic acids is 1. The number of aliphatic hydroxyl groups is 1. The Labute approximate surface area is 120 Å². The first-order valence-corrected chi connectivity index (χ1v) is 6.18. The predicted molar refractivity (Wildman–Crippen MR) is 68.9 cm³/mol. The van der Waals surface area contributed by atoms with Crippen molar-refractivity contribution in [3.8, 4) is 5.75 Å². The van der Waals surface area contributed by atoms with Crippen molar-refractivity contribution in [1.82, 2.24) is 0 Å². The summed E-state index contributed by atoms with van der Waals surface area (Å²) in [6.07, 6.45) is -5.25. The first-order chi connectivity index (χ1) is 9.46. The molecule has 4 nitrogen and oxygen atoms in total. The Morgan fingerprint density at radius 1 is 1.29 bits per heavy atom. The van der Waals surface area contributed by atoms with Crippen LogP contribution in [0.1, 0.15) is 36.5 Å². The van der Waals surface area contributed by atoms with Gasteiger partial charge >= 0.3 is 12.1 Å². The first kappa shape index (κ1) is 17.3. The van der Waals surface area contributed by atoms with Crippen LogP contribution < -0.4 is 0 Å². The molecule has 0 saturated carbocycles. The molecule has 0 aliphatic carbocycles. The highest BCUT2D eigenvalue weighted by molar-refractivity contribution is 5.83. The number of phenolic OH excluding ortho intramolecular Hbond substituents is 1. The lowest BCUT2D eigenvalue weighted by Gasteiger charge is -2.30. The van der Waals surface area contributed by atoms with Gasteiger partial charge in [0.25, 0.3) is 5.60 Å². The highest BCUT2D eigenvalue weighted by Gasteiger charge is 2.62. The van der Waals surface area contributed by atoms with Crippen molar-refractivity contribution in [3.63, 3.8) is 0 Å². The molecule has 118 valence electrons. The zero-order valence-electron chi connectivity index (χ0n) is 12.1. The molecule has 0 aromatic heterocycles. The fourth-order valence-electron chi connectivity index (χ4n) is 2.09. The smallest absolute Gasteiger partial charge is 0.432 e. The van der Waals surface area contributed by atoms with Crippen LogP contribution in [0.2, 0.25) is 0 Å². The standard InChI is InChI=1S/C14H17F3O4/c1-7(2)9-6-10(8(3)5-11(9)18)13(20,12(19)21-4)14(15,16)17/h5-7,18,20H,1-4H3/t13-/m0/s1. The topological polar surface area (TPSA) is 66.8 Å². The summed E-state index contributed by atoms with van der Waals surface area (Å²) in [7, 11) is 0.762. The largest absolute Gasteiger partial charge is 0.508 e. The molecule has 21 heavy (non-hydrogen) atoms. The van der Waals surface area contributed by atoms with Gasteiger partial charge in [0, 0.05) is 5.56 Å². The number of hydrogen-bond acceptors (Lipinski definition) is 4. The van der Waals surface area contributed by atoms with Crippen molar-refractivity contribution >= 4 is 5.97 Å². The zero-order valence-corrected chi connectivity index (χ0v) is 12.1. The third-order valence-corrected chi connectivity index (χ3v) is 3.28. The lowest BCUT2D eigenvalue weighted by Crippen LogP contribution is -2.50. The van der Waals surface area contributed by atoms with Crippen LogP contribution in [0, 0.1) is 6.92 Å². The highest BCUT2D eigenvalue weighted by Crippen LogP contribution is 2.43. The van der Waals surface area contributed by atoms with E-state index in [9.17, 15) is 28.2 Å². The number of hydrogen-bond donors (Lipinski definition) is 2. The molecule has 2 N–H and O–H groups in total. The summed E-state index contributed by atoms with van der Waals surface area (Å²) in [4.78, 5) is 11.5. The number of aromatic hydroxyl groups is 1. The second kappa shape index (κ2) is 5.55. The number of aryl methyl sites for hydroxylation is 1. The molecule has 0 aliphatic rings. The van der Waals surface area contributed by atoms with Gasteiger partial charge in [0.1, 0.15) is 5.75 Å². The van der Waals surface area contributed by atoms with E-state index in [1.807, 2.05) is 0 Å². The minimum Gasteiger partial charge on any atom is -0.508 e. The maximum Gasteiger partial charge on any atom is 0.432 e. The Morgan fingerprint density at radius 2 is 1.81 bits per heavy atom. The molecule has 0 spiro atoms. The Bertz CT molecular complexity index is 552. The molecule has 0 fully saturated rings. The van der Waals surface area contributed by atoms with Gasteiger partial charge in [-0.25, -0.2) is 4.79 Å². The van der Waals surface area contributed by atoms with Crippen LogP contribution in [-0.4, -0.2) is 29.5 Å². The number of benzene rings is 1. The summed E-state index contributed by atoms with van der Waals surface area (Å²) in [5.74, 6) is -2.31. The summed E-state index contributed by atoms with van der Waals surface area (Å²) in [6, 6.07) is 2.07. The number of ether oxygens (including phenoxy) is 1. The van der Waals surface area contributed by atoms with Crippen molar-refractivity contribution in [1.29, 1.82) is 0 Å². The summed E-state index contributed by atoms with van der Waals surface area (Å²) >= 11 is 0. The van der Waals surface area contributed by atoms with E-state index in [1.165, 1.54) is 6.92 Å². The number of rotatable bonds is 3. The van der Waals surface area contributed by atoms with Gasteiger partial charge < -0.3 is 14.9 Å².